The van der Waals surface area contributed by atoms with Crippen molar-refractivity contribution in [3.8, 4) is 16.9 Å². The molecular weight excluding hydrogens is 413 g/mol. The fourth-order valence-electron chi connectivity index (χ4n) is 3.55. The van der Waals surface area contributed by atoms with Gasteiger partial charge in [-0.25, -0.2) is 9.18 Å². The lowest BCUT2D eigenvalue weighted by Gasteiger charge is -2.20. The van der Waals surface area contributed by atoms with Gasteiger partial charge in [0.25, 0.3) is 5.91 Å². The minimum atomic E-state index is -1.19. The standard InChI is InChI=1S/C24H26FN3O4/c1-13(2)10-21-18(12-27-24(30)31)22(16-6-4-5-7-19(16)25)17-11-15(8-9-20(17)28-21)32-14(3)23(26)29/h4-9,11,13-14,27H,10,12H2,1-3H3,(H2,26,29)(H,30,31). The average molecular weight is 439 g/mol. The minimum Gasteiger partial charge on any atom is -0.481 e. The van der Waals surface area contributed by atoms with Gasteiger partial charge >= 0.3 is 6.09 Å². The van der Waals surface area contributed by atoms with Gasteiger partial charge in [-0.15, -0.1) is 0 Å². The lowest BCUT2D eigenvalue weighted by atomic mass is 9.91. The highest BCUT2D eigenvalue weighted by Gasteiger charge is 2.21. The van der Waals surface area contributed by atoms with Crippen LogP contribution in [0.15, 0.2) is 42.5 Å². The molecule has 32 heavy (non-hydrogen) atoms. The Morgan fingerprint density at radius 1 is 1.19 bits per heavy atom. The van der Waals surface area contributed by atoms with Crippen molar-refractivity contribution in [1.29, 1.82) is 0 Å². The van der Waals surface area contributed by atoms with Crippen LogP contribution >= 0.6 is 0 Å². The number of rotatable bonds is 8. The van der Waals surface area contributed by atoms with E-state index in [0.29, 0.717) is 45.5 Å². The molecule has 0 aliphatic rings. The highest BCUT2D eigenvalue weighted by Crippen LogP contribution is 2.37. The smallest absolute Gasteiger partial charge is 0.404 e. The zero-order valence-corrected chi connectivity index (χ0v) is 18.2. The third kappa shape index (κ3) is 5.14. The Morgan fingerprint density at radius 3 is 2.53 bits per heavy atom. The molecule has 0 aliphatic heterocycles. The first-order valence-electron chi connectivity index (χ1n) is 10.3. The van der Waals surface area contributed by atoms with Crippen LogP contribution in [0.25, 0.3) is 22.0 Å². The van der Waals surface area contributed by atoms with E-state index in [9.17, 15) is 19.1 Å². The Bertz CT molecular complexity index is 1160. The van der Waals surface area contributed by atoms with Crippen LogP contribution < -0.4 is 15.8 Å². The van der Waals surface area contributed by atoms with Crippen molar-refractivity contribution in [2.24, 2.45) is 11.7 Å². The number of fused-ring (bicyclic) bond motifs is 1. The lowest BCUT2D eigenvalue weighted by Crippen LogP contribution is -2.30. The monoisotopic (exact) mass is 439 g/mol. The summed E-state index contributed by atoms with van der Waals surface area (Å²) in [5.74, 6) is -0.437. The van der Waals surface area contributed by atoms with E-state index in [1.807, 2.05) is 13.8 Å². The van der Waals surface area contributed by atoms with E-state index in [2.05, 4.69) is 5.32 Å². The second-order valence-electron chi connectivity index (χ2n) is 7.99. The molecule has 1 aromatic heterocycles. The van der Waals surface area contributed by atoms with Crippen molar-refractivity contribution < 1.29 is 23.8 Å². The Balaban J connectivity index is 2.32. The van der Waals surface area contributed by atoms with Crippen molar-refractivity contribution >= 4 is 22.9 Å². The summed E-state index contributed by atoms with van der Waals surface area (Å²) >= 11 is 0. The Hall–Kier alpha value is -3.68. The van der Waals surface area contributed by atoms with E-state index in [1.165, 1.54) is 13.0 Å². The molecule has 8 heteroatoms. The molecule has 0 spiro atoms. The van der Waals surface area contributed by atoms with Gasteiger partial charge in [-0.1, -0.05) is 32.0 Å². The van der Waals surface area contributed by atoms with Crippen molar-refractivity contribution in [3.63, 3.8) is 0 Å². The van der Waals surface area contributed by atoms with Crippen molar-refractivity contribution in [3.05, 3.63) is 59.5 Å². The zero-order valence-electron chi connectivity index (χ0n) is 18.2. The summed E-state index contributed by atoms with van der Waals surface area (Å²) in [4.78, 5) is 27.4. The van der Waals surface area contributed by atoms with Gasteiger partial charge in [0.1, 0.15) is 11.6 Å². The predicted molar refractivity (Wildman–Crippen MR) is 120 cm³/mol. The van der Waals surface area contributed by atoms with Crippen molar-refractivity contribution in [2.75, 3.05) is 0 Å². The van der Waals surface area contributed by atoms with E-state index < -0.39 is 23.9 Å². The first-order chi connectivity index (χ1) is 15.2. The first-order valence-corrected chi connectivity index (χ1v) is 10.3. The molecule has 1 atom stereocenters. The van der Waals surface area contributed by atoms with E-state index in [0.717, 1.165) is 0 Å². The molecular formula is C24H26FN3O4. The lowest BCUT2D eigenvalue weighted by molar-refractivity contribution is -0.123. The average Bonchev–Trinajstić information content (AvgIpc) is 2.72. The summed E-state index contributed by atoms with van der Waals surface area (Å²) in [5.41, 5.74) is 8.07. The summed E-state index contributed by atoms with van der Waals surface area (Å²) in [6, 6.07) is 11.4. The molecule has 2 aromatic carbocycles. The maximum absolute atomic E-state index is 14.9. The van der Waals surface area contributed by atoms with Crippen LogP contribution in [0.1, 0.15) is 32.0 Å². The number of nitrogens with one attached hydrogen (secondary N) is 1. The number of benzene rings is 2. The van der Waals surface area contributed by atoms with Gasteiger partial charge < -0.3 is 20.9 Å². The Labute approximate surface area is 185 Å². The predicted octanol–water partition coefficient (Wildman–Crippen LogP) is 4.26. The van der Waals surface area contributed by atoms with Gasteiger partial charge in [0.2, 0.25) is 0 Å². The van der Waals surface area contributed by atoms with Crippen LogP contribution in [0.2, 0.25) is 0 Å². The second kappa shape index (κ2) is 9.64. The summed E-state index contributed by atoms with van der Waals surface area (Å²) < 4.78 is 20.6. The van der Waals surface area contributed by atoms with Crippen LogP contribution in [0.3, 0.4) is 0 Å². The van der Waals surface area contributed by atoms with Gasteiger partial charge in [-0.2, -0.15) is 0 Å². The number of carbonyl (C=O) groups is 2. The zero-order chi connectivity index (χ0) is 23.4. The summed E-state index contributed by atoms with van der Waals surface area (Å²) in [6.07, 6.45) is -1.46. The van der Waals surface area contributed by atoms with Crippen LogP contribution in [0.5, 0.6) is 5.75 Å². The molecule has 0 aliphatic carbocycles. The highest BCUT2D eigenvalue weighted by molar-refractivity contribution is 5.97. The number of aromatic nitrogens is 1. The third-order valence-electron chi connectivity index (χ3n) is 5.02. The third-order valence-corrected chi connectivity index (χ3v) is 5.02. The normalized spacial score (nSPS) is 12.0. The van der Waals surface area contributed by atoms with Gasteiger partial charge in [0, 0.05) is 34.3 Å². The van der Waals surface area contributed by atoms with E-state index >= 15 is 0 Å². The van der Waals surface area contributed by atoms with Crippen LogP contribution in [0, 0.1) is 11.7 Å². The number of halogens is 1. The number of carbonyl (C=O) groups excluding carboxylic acids is 1. The molecule has 7 nitrogen and oxygen atoms in total. The summed E-state index contributed by atoms with van der Waals surface area (Å²) in [5, 5.41) is 12.2. The molecule has 2 amide bonds. The second-order valence-corrected chi connectivity index (χ2v) is 7.99. The number of amides is 2. The molecule has 0 radical (unpaired) electrons. The Morgan fingerprint density at radius 2 is 1.91 bits per heavy atom. The number of pyridine rings is 1. The maximum atomic E-state index is 14.9. The van der Waals surface area contributed by atoms with Gasteiger partial charge in [0.15, 0.2) is 6.10 Å². The topological polar surface area (TPSA) is 115 Å². The number of hydrogen-bond donors (Lipinski definition) is 3. The number of primary amides is 1. The molecule has 4 N–H and O–H groups in total. The van der Waals surface area contributed by atoms with Crippen molar-refractivity contribution in [1.82, 2.24) is 10.3 Å². The van der Waals surface area contributed by atoms with Crippen LogP contribution in [-0.2, 0) is 17.8 Å². The molecule has 0 saturated heterocycles. The van der Waals surface area contributed by atoms with Gasteiger partial charge in [-0.3, -0.25) is 9.78 Å². The minimum absolute atomic E-state index is 0.0350. The molecule has 168 valence electrons. The van der Waals surface area contributed by atoms with Gasteiger partial charge in [-0.05, 0) is 43.5 Å². The number of hydrogen-bond acceptors (Lipinski definition) is 4. The maximum Gasteiger partial charge on any atom is 0.404 e. The van der Waals surface area contributed by atoms with Crippen molar-refractivity contribution in [2.45, 2.75) is 39.8 Å². The molecule has 1 heterocycles. The number of nitrogens with two attached hydrogens (primary N) is 1. The quantitative estimate of drug-likeness (QED) is 0.485. The van der Waals surface area contributed by atoms with E-state index in [-0.39, 0.29) is 12.5 Å². The molecule has 3 rings (SSSR count). The first kappa shape index (κ1) is 23.0. The summed E-state index contributed by atoms with van der Waals surface area (Å²) in [7, 11) is 0. The molecule has 0 bridgehead atoms. The van der Waals surface area contributed by atoms with E-state index in [4.69, 9.17) is 15.5 Å². The van der Waals surface area contributed by atoms with Crippen LogP contribution in [-0.4, -0.2) is 28.2 Å². The number of ether oxygens (including phenoxy) is 1. The molecule has 0 fully saturated rings. The van der Waals surface area contributed by atoms with E-state index in [1.54, 1.807) is 36.4 Å². The number of nitrogens with zero attached hydrogens (tertiary/aromatic N) is 1. The summed E-state index contributed by atoms with van der Waals surface area (Å²) in [6.45, 7) is 5.57. The molecule has 1 unspecified atom stereocenters. The molecule has 3 aromatic rings. The Kier molecular flexibility index (Phi) is 6.92. The largest absolute Gasteiger partial charge is 0.481 e. The van der Waals surface area contributed by atoms with Crippen LogP contribution in [0.4, 0.5) is 9.18 Å². The fraction of sp³-hybridized carbons (Fsp3) is 0.292. The van der Waals surface area contributed by atoms with Gasteiger partial charge in [0.05, 0.1) is 5.52 Å². The SMILES string of the molecule is CC(C)Cc1nc2ccc(OC(C)C(N)=O)cc2c(-c2ccccc2F)c1CNC(=O)O. The number of carboxylic acid groups (broad SMARTS) is 1. The fourth-order valence-corrected chi connectivity index (χ4v) is 3.55. The highest BCUT2D eigenvalue weighted by atomic mass is 19.1. The molecule has 0 saturated carbocycles.